The van der Waals surface area contributed by atoms with Gasteiger partial charge in [-0.05, 0) is 38.0 Å². The third kappa shape index (κ3) is 5.63. The van der Waals surface area contributed by atoms with Crippen LogP contribution in [0.25, 0.3) is 0 Å². The first kappa shape index (κ1) is 17.4. The molecule has 2 aromatic rings. The number of nitrogens with one attached hydrogen (secondary N) is 2. The normalized spacial score (nSPS) is 11.6. The Bertz CT molecular complexity index is 666. The van der Waals surface area contributed by atoms with Gasteiger partial charge in [0.25, 0.3) is 0 Å². The van der Waals surface area contributed by atoms with Gasteiger partial charge in [0.15, 0.2) is 5.96 Å². The van der Waals surface area contributed by atoms with Crippen LogP contribution in [0.2, 0.25) is 0 Å². The van der Waals surface area contributed by atoms with E-state index in [1.807, 2.05) is 19.2 Å². The average molecular weight is 334 g/mol. The number of thiazole rings is 1. The van der Waals surface area contributed by atoms with E-state index in [9.17, 15) is 4.39 Å². The summed E-state index contributed by atoms with van der Waals surface area (Å²) in [5.74, 6) is 0.587. The third-order valence-electron chi connectivity index (χ3n) is 3.29. The summed E-state index contributed by atoms with van der Waals surface area (Å²) in [6.45, 7) is 7.95. The molecule has 124 valence electrons. The van der Waals surface area contributed by atoms with Gasteiger partial charge in [-0.2, -0.15) is 0 Å². The molecule has 1 aromatic heterocycles. The number of aromatic nitrogens is 1. The minimum absolute atomic E-state index is 0.179. The van der Waals surface area contributed by atoms with E-state index in [2.05, 4.69) is 27.5 Å². The summed E-state index contributed by atoms with van der Waals surface area (Å²) < 4.78 is 13.3. The zero-order valence-corrected chi connectivity index (χ0v) is 14.6. The van der Waals surface area contributed by atoms with E-state index in [-0.39, 0.29) is 5.82 Å². The Kier molecular flexibility index (Phi) is 6.52. The van der Waals surface area contributed by atoms with Crippen molar-refractivity contribution in [3.63, 3.8) is 0 Å². The van der Waals surface area contributed by atoms with Gasteiger partial charge in [0.1, 0.15) is 5.82 Å². The number of aryl methyl sites for hydroxylation is 2. The highest BCUT2D eigenvalue weighted by Gasteiger charge is 2.02. The second kappa shape index (κ2) is 8.62. The average Bonchev–Trinajstić information content (AvgIpc) is 2.93. The van der Waals surface area contributed by atoms with Crippen LogP contribution in [0.15, 0.2) is 29.4 Å². The number of nitrogens with zero attached hydrogens (tertiary/aromatic N) is 2. The zero-order chi connectivity index (χ0) is 16.7. The highest BCUT2D eigenvalue weighted by atomic mass is 32.1. The molecule has 0 saturated heterocycles. The highest BCUT2D eigenvalue weighted by Crippen LogP contribution is 2.11. The van der Waals surface area contributed by atoms with E-state index in [0.717, 1.165) is 36.0 Å². The van der Waals surface area contributed by atoms with E-state index in [1.54, 1.807) is 24.3 Å². The molecule has 0 atom stereocenters. The summed E-state index contributed by atoms with van der Waals surface area (Å²) in [6, 6.07) is 5.10. The van der Waals surface area contributed by atoms with Crippen LogP contribution in [0.4, 0.5) is 4.39 Å². The largest absolute Gasteiger partial charge is 0.357 e. The summed E-state index contributed by atoms with van der Waals surface area (Å²) in [7, 11) is 0. The molecular formula is C17H23FN4S. The molecule has 23 heavy (non-hydrogen) atoms. The van der Waals surface area contributed by atoms with Crippen LogP contribution in [0, 0.1) is 19.7 Å². The van der Waals surface area contributed by atoms with Crippen molar-refractivity contribution in [3.05, 3.63) is 51.2 Å². The number of hydrogen-bond acceptors (Lipinski definition) is 3. The molecule has 0 aliphatic rings. The Morgan fingerprint density at radius 1 is 1.30 bits per heavy atom. The standard InChI is InChI=1S/C17H23FN4S/c1-4-19-17(20-8-7-16-21-10-13(3)23-16)22-11-14-5-6-15(18)12(2)9-14/h5-6,9-10H,4,7-8,11H2,1-3H3,(H2,19,20,22). The van der Waals surface area contributed by atoms with Crippen molar-refractivity contribution in [2.24, 2.45) is 4.99 Å². The van der Waals surface area contributed by atoms with E-state index in [1.165, 1.54) is 10.9 Å². The number of guanidine groups is 1. The minimum Gasteiger partial charge on any atom is -0.357 e. The lowest BCUT2D eigenvalue weighted by Gasteiger charge is -2.10. The fourth-order valence-corrected chi connectivity index (χ4v) is 2.91. The van der Waals surface area contributed by atoms with Crippen molar-refractivity contribution >= 4 is 17.3 Å². The molecule has 0 amide bonds. The molecule has 0 aliphatic carbocycles. The lowest BCUT2D eigenvalue weighted by molar-refractivity contribution is 0.617. The van der Waals surface area contributed by atoms with Crippen molar-refractivity contribution in [3.8, 4) is 0 Å². The van der Waals surface area contributed by atoms with Gasteiger partial charge in [-0.1, -0.05) is 12.1 Å². The van der Waals surface area contributed by atoms with E-state index >= 15 is 0 Å². The lowest BCUT2D eigenvalue weighted by atomic mass is 10.1. The van der Waals surface area contributed by atoms with Crippen molar-refractivity contribution in [2.45, 2.75) is 33.7 Å². The summed E-state index contributed by atoms with van der Waals surface area (Å²) >= 11 is 1.72. The van der Waals surface area contributed by atoms with Gasteiger partial charge in [-0.15, -0.1) is 11.3 Å². The van der Waals surface area contributed by atoms with Crippen molar-refractivity contribution in [1.82, 2.24) is 15.6 Å². The summed E-state index contributed by atoms with van der Waals surface area (Å²) in [5.41, 5.74) is 1.64. The fraction of sp³-hybridized carbons (Fsp3) is 0.412. The van der Waals surface area contributed by atoms with E-state index in [0.29, 0.717) is 12.1 Å². The van der Waals surface area contributed by atoms with E-state index < -0.39 is 0 Å². The van der Waals surface area contributed by atoms with Crippen LogP contribution < -0.4 is 10.6 Å². The van der Waals surface area contributed by atoms with Gasteiger partial charge in [-0.3, -0.25) is 0 Å². The Balaban J connectivity index is 1.89. The van der Waals surface area contributed by atoms with Crippen LogP contribution in [0.1, 0.15) is 27.9 Å². The monoisotopic (exact) mass is 334 g/mol. The predicted molar refractivity (Wildman–Crippen MR) is 94.5 cm³/mol. The number of hydrogen-bond donors (Lipinski definition) is 2. The topological polar surface area (TPSA) is 49.3 Å². The van der Waals surface area contributed by atoms with Gasteiger partial charge in [-0.25, -0.2) is 14.4 Å². The predicted octanol–water partition coefficient (Wildman–Crippen LogP) is 3.20. The first-order valence-electron chi connectivity index (χ1n) is 7.77. The van der Waals surface area contributed by atoms with Gasteiger partial charge >= 0.3 is 0 Å². The van der Waals surface area contributed by atoms with Crippen LogP contribution >= 0.6 is 11.3 Å². The molecule has 0 spiro atoms. The maximum atomic E-state index is 13.3. The van der Waals surface area contributed by atoms with Gasteiger partial charge < -0.3 is 10.6 Å². The maximum Gasteiger partial charge on any atom is 0.191 e. The molecule has 1 heterocycles. The summed E-state index contributed by atoms with van der Waals surface area (Å²) in [4.78, 5) is 10.1. The van der Waals surface area contributed by atoms with Crippen molar-refractivity contribution < 1.29 is 4.39 Å². The Morgan fingerprint density at radius 2 is 2.13 bits per heavy atom. The molecule has 1 aromatic carbocycles. The molecule has 0 fully saturated rings. The van der Waals surface area contributed by atoms with Gasteiger partial charge in [0, 0.05) is 30.6 Å². The Hall–Kier alpha value is -1.95. The van der Waals surface area contributed by atoms with Crippen LogP contribution in [-0.4, -0.2) is 24.0 Å². The smallest absolute Gasteiger partial charge is 0.191 e. The number of rotatable bonds is 6. The first-order chi connectivity index (χ1) is 11.1. The molecule has 2 rings (SSSR count). The fourth-order valence-electron chi connectivity index (χ4n) is 2.12. The van der Waals surface area contributed by atoms with Crippen molar-refractivity contribution in [2.75, 3.05) is 13.1 Å². The number of benzene rings is 1. The molecule has 2 N–H and O–H groups in total. The number of halogens is 1. The molecule has 0 radical (unpaired) electrons. The quantitative estimate of drug-likeness (QED) is 0.630. The second-order valence-electron chi connectivity index (χ2n) is 5.32. The maximum absolute atomic E-state index is 13.3. The second-order valence-corrected chi connectivity index (χ2v) is 6.64. The van der Waals surface area contributed by atoms with Gasteiger partial charge in [0.2, 0.25) is 0 Å². The zero-order valence-electron chi connectivity index (χ0n) is 13.8. The molecular weight excluding hydrogens is 311 g/mol. The molecule has 0 aliphatic heterocycles. The van der Waals surface area contributed by atoms with Crippen LogP contribution in [0.5, 0.6) is 0 Å². The lowest BCUT2D eigenvalue weighted by Crippen LogP contribution is -2.38. The number of aliphatic imine (C=N–C) groups is 1. The minimum atomic E-state index is -0.179. The molecule has 0 unspecified atom stereocenters. The SMILES string of the molecule is CCNC(=NCc1ccc(F)c(C)c1)NCCc1ncc(C)s1. The summed E-state index contributed by atoms with van der Waals surface area (Å²) in [6.07, 6.45) is 2.77. The first-order valence-corrected chi connectivity index (χ1v) is 8.58. The molecule has 6 heteroatoms. The Labute approximate surface area is 140 Å². The van der Waals surface area contributed by atoms with E-state index in [4.69, 9.17) is 0 Å². The van der Waals surface area contributed by atoms with Gasteiger partial charge in [0.05, 0.1) is 11.6 Å². The molecule has 0 bridgehead atoms. The summed E-state index contributed by atoms with van der Waals surface area (Å²) in [5, 5.41) is 7.65. The Morgan fingerprint density at radius 3 is 2.78 bits per heavy atom. The highest BCUT2D eigenvalue weighted by molar-refractivity contribution is 7.11. The van der Waals surface area contributed by atoms with Crippen molar-refractivity contribution in [1.29, 1.82) is 0 Å². The van der Waals surface area contributed by atoms with Crippen LogP contribution in [0.3, 0.4) is 0 Å². The third-order valence-corrected chi connectivity index (χ3v) is 4.26. The molecule has 4 nitrogen and oxygen atoms in total. The van der Waals surface area contributed by atoms with Crippen LogP contribution in [-0.2, 0) is 13.0 Å². The molecule has 0 saturated carbocycles.